The molecule has 0 aromatic rings. The van der Waals surface area contributed by atoms with Gasteiger partial charge in [-0.3, -0.25) is 0 Å². The SMILES string of the molecule is C=CC(=O)OC[Si](C)(C)O[Si](C)(C)O[Si](C)(C)C[P+](CCCC)(CCCC)CCCC. The minimum atomic E-state index is -2.33. The van der Waals surface area contributed by atoms with Crippen LogP contribution in [0.2, 0.25) is 39.3 Å². The van der Waals surface area contributed by atoms with Gasteiger partial charge in [0.25, 0.3) is 0 Å². The van der Waals surface area contributed by atoms with Gasteiger partial charge in [-0.2, -0.15) is 0 Å². The smallest absolute Gasteiger partial charge is 0.329 e. The van der Waals surface area contributed by atoms with Crippen LogP contribution in [0.1, 0.15) is 59.3 Å². The second kappa shape index (κ2) is 14.5. The topological polar surface area (TPSA) is 44.8 Å². The standard InChI is InChI=1S/C23H52O4PSi3/c1-11-15-18-28(19-16-12-2,20-17-13-3)22-30(7,8)27-31(9,10)26-29(5,6)21-25-23(24)14-4/h14H,4,11-13,15-22H2,1-3,5-10H3/q+1. The molecule has 0 aromatic carbocycles. The van der Waals surface area contributed by atoms with E-state index in [-0.39, 0.29) is 5.97 Å². The maximum Gasteiger partial charge on any atom is 0.329 e. The van der Waals surface area contributed by atoms with E-state index < -0.39 is 32.5 Å². The van der Waals surface area contributed by atoms with Crippen molar-refractivity contribution < 1.29 is 17.8 Å². The summed E-state index contributed by atoms with van der Waals surface area (Å²) in [6.07, 6.45) is 13.8. The minimum absolute atomic E-state index is 0.347. The van der Waals surface area contributed by atoms with Crippen LogP contribution in [-0.2, 0) is 17.8 Å². The third-order valence-electron chi connectivity index (χ3n) is 5.45. The molecular weight excluding hydrogens is 455 g/mol. The van der Waals surface area contributed by atoms with Crippen molar-refractivity contribution in [2.45, 2.75) is 98.6 Å². The van der Waals surface area contributed by atoms with Crippen molar-refractivity contribution in [1.82, 2.24) is 0 Å². The fourth-order valence-corrected chi connectivity index (χ4v) is 29.3. The van der Waals surface area contributed by atoms with E-state index in [1.807, 2.05) is 0 Å². The summed E-state index contributed by atoms with van der Waals surface area (Å²) in [5, 5.41) is 0. The zero-order valence-electron chi connectivity index (χ0n) is 22.1. The number of unbranched alkanes of at least 4 members (excludes halogenated alkanes) is 3. The zero-order chi connectivity index (χ0) is 24.2. The van der Waals surface area contributed by atoms with Gasteiger partial charge in [-0.1, -0.05) is 46.6 Å². The molecule has 0 aliphatic rings. The molecule has 0 saturated heterocycles. The Labute approximate surface area is 197 Å². The molecular formula is C23H52O4PSi3+. The van der Waals surface area contributed by atoms with E-state index in [1.165, 1.54) is 68.9 Å². The highest BCUT2D eigenvalue weighted by Crippen LogP contribution is 2.62. The summed E-state index contributed by atoms with van der Waals surface area (Å²) in [5.41, 5.74) is 0. The normalized spacial score (nSPS) is 13.3. The molecule has 0 atom stereocenters. The molecule has 4 nitrogen and oxygen atoms in total. The molecule has 0 unspecified atom stereocenters. The Morgan fingerprint density at radius 2 is 1.23 bits per heavy atom. The quantitative estimate of drug-likeness (QED) is 0.0841. The highest BCUT2D eigenvalue weighted by Gasteiger charge is 2.47. The monoisotopic (exact) mass is 507 g/mol. The summed E-state index contributed by atoms with van der Waals surface area (Å²) in [7, 11) is -7.38. The molecule has 8 heteroatoms. The van der Waals surface area contributed by atoms with Crippen molar-refractivity contribution in [2.75, 3.05) is 30.5 Å². The Morgan fingerprint density at radius 3 is 1.61 bits per heavy atom. The number of rotatable bonds is 18. The first kappa shape index (κ1) is 31.2. The van der Waals surface area contributed by atoms with Gasteiger partial charge < -0.3 is 13.0 Å². The van der Waals surface area contributed by atoms with Gasteiger partial charge in [-0.05, 0) is 58.5 Å². The maximum atomic E-state index is 11.5. The highest BCUT2D eigenvalue weighted by molar-refractivity contribution is 7.77. The van der Waals surface area contributed by atoms with Gasteiger partial charge in [0.15, 0.2) is 0 Å². The average molecular weight is 508 g/mol. The molecule has 0 aliphatic carbocycles. The molecule has 0 aromatic heterocycles. The summed E-state index contributed by atoms with van der Waals surface area (Å²) in [4.78, 5) is 11.5. The number of carbonyl (C=O) groups excluding carboxylic acids is 1. The first-order valence-electron chi connectivity index (χ1n) is 12.3. The predicted octanol–water partition coefficient (Wildman–Crippen LogP) is 7.36. The summed E-state index contributed by atoms with van der Waals surface area (Å²) in [5.74, 6) is 0.948. The number of carbonyl (C=O) groups is 1. The minimum Gasteiger partial charge on any atom is -0.463 e. The van der Waals surface area contributed by atoms with Gasteiger partial charge in [-0.25, -0.2) is 4.79 Å². The highest BCUT2D eigenvalue weighted by atomic mass is 31.2. The first-order chi connectivity index (χ1) is 14.3. The van der Waals surface area contributed by atoms with Crippen LogP contribution in [0.4, 0.5) is 0 Å². The maximum absolute atomic E-state index is 11.5. The lowest BCUT2D eigenvalue weighted by atomic mass is 10.4. The van der Waals surface area contributed by atoms with E-state index in [4.69, 9.17) is 13.0 Å². The summed E-state index contributed by atoms with van der Waals surface area (Å²) >= 11 is 0. The molecule has 0 rings (SSSR count). The van der Waals surface area contributed by atoms with Crippen LogP contribution >= 0.6 is 7.26 Å². The fourth-order valence-electron chi connectivity index (χ4n) is 4.58. The Kier molecular flexibility index (Phi) is 14.6. The van der Waals surface area contributed by atoms with Crippen molar-refractivity contribution in [3.8, 4) is 0 Å². The lowest BCUT2D eigenvalue weighted by Gasteiger charge is -2.40. The van der Waals surface area contributed by atoms with Crippen LogP contribution in [0.15, 0.2) is 12.7 Å². The van der Waals surface area contributed by atoms with Crippen molar-refractivity contribution in [1.29, 1.82) is 0 Å². The van der Waals surface area contributed by atoms with Gasteiger partial charge in [0, 0.05) is 13.3 Å². The Hall–Kier alpha value is 0.211. The van der Waals surface area contributed by atoms with Gasteiger partial charge >= 0.3 is 14.5 Å². The van der Waals surface area contributed by atoms with Crippen LogP contribution in [0.3, 0.4) is 0 Å². The van der Waals surface area contributed by atoms with Gasteiger partial charge in [-0.15, -0.1) is 0 Å². The third kappa shape index (κ3) is 14.2. The van der Waals surface area contributed by atoms with Crippen molar-refractivity contribution in [2.24, 2.45) is 0 Å². The second-order valence-corrected chi connectivity index (χ2v) is 27.7. The molecule has 0 amide bonds. The molecule has 0 saturated carbocycles. The summed E-state index contributed by atoms with van der Waals surface area (Å²) in [6, 6.07) is 0. The molecule has 0 heterocycles. The molecule has 0 N–H and O–H groups in total. The summed E-state index contributed by atoms with van der Waals surface area (Å²) in [6.45, 7) is 23.8. The van der Waals surface area contributed by atoms with E-state index >= 15 is 0 Å². The lowest BCUT2D eigenvalue weighted by molar-refractivity contribution is -0.136. The molecule has 0 fully saturated rings. The lowest BCUT2D eigenvalue weighted by Crippen LogP contribution is -2.55. The first-order valence-corrected chi connectivity index (χ1v) is 23.9. The summed E-state index contributed by atoms with van der Waals surface area (Å²) < 4.78 is 18.9. The fraction of sp³-hybridized carbons (Fsp3) is 0.870. The number of ether oxygens (including phenoxy) is 1. The van der Waals surface area contributed by atoms with E-state index in [9.17, 15) is 4.79 Å². The number of hydrogen-bond donors (Lipinski definition) is 0. The molecule has 31 heavy (non-hydrogen) atoms. The van der Waals surface area contributed by atoms with Crippen molar-refractivity contribution in [3.63, 3.8) is 0 Å². The number of hydrogen-bond acceptors (Lipinski definition) is 4. The van der Waals surface area contributed by atoms with Gasteiger partial charge in [0.05, 0.1) is 24.3 Å². The zero-order valence-corrected chi connectivity index (χ0v) is 26.0. The van der Waals surface area contributed by atoms with Gasteiger partial charge in [0.1, 0.15) is 6.23 Å². The van der Waals surface area contributed by atoms with Crippen LogP contribution in [0.5, 0.6) is 0 Å². The Balaban J connectivity index is 5.37. The average Bonchev–Trinajstić information content (AvgIpc) is 2.65. The Bertz CT molecular complexity index is 517. The van der Waals surface area contributed by atoms with Crippen molar-refractivity contribution in [3.05, 3.63) is 12.7 Å². The molecule has 184 valence electrons. The van der Waals surface area contributed by atoms with Crippen LogP contribution in [-0.4, -0.2) is 61.7 Å². The molecule has 0 radical (unpaired) electrons. The largest absolute Gasteiger partial charge is 0.463 e. The second-order valence-electron chi connectivity index (χ2n) is 10.7. The van der Waals surface area contributed by atoms with Crippen LogP contribution in [0.25, 0.3) is 0 Å². The molecule has 0 bridgehead atoms. The van der Waals surface area contributed by atoms with Crippen LogP contribution < -0.4 is 0 Å². The predicted molar refractivity (Wildman–Crippen MR) is 147 cm³/mol. The number of esters is 1. The third-order valence-corrected chi connectivity index (χ3v) is 24.2. The van der Waals surface area contributed by atoms with Crippen molar-refractivity contribution >= 4 is 38.4 Å². The van der Waals surface area contributed by atoms with E-state index in [0.717, 1.165) is 0 Å². The Morgan fingerprint density at radius 1 is 0.806 bits per heavy atom. The van der Waals surface area contributed by atoms with E-state index in [0.29, 0.717) is 6.23 Å². The van der Waals surface area contributed by atoms with Crippen LogP contribution in [0, 0.1) is 0 Å². The van der Waals surface area contributed by atoms with Gasteiger partial charge in [0.2, 0.25) is 16.6 Å². The molecule has 0 aliphatic heterocycles. The van der Waals surface area contributed by atoms with E-state index in [2.05, 4.69) is 66.6 Å². The molecule has 0 spiro atoms. The van der Waals surface area contributed by atoms with E-state index in [1.54, 1.807) is 0 Å².